The SMILES string of the molecule is [C-]#[N+]c1cc(C#N)c2c[n+]3n(c2c1)-c1c(C)cc(C)c(C)c1C3.[C-]#[N+]c1cc(C#N)c2c[n+]3n(c2c1)-c1c(C)ccc(C)c1C3. The topological polar surface area (TPSA) is 73.9 Å². The van der Waals surface area contributed by atoms with Crippen LogP contribution in [0.25, 0.3) is 42.9 Å². The second kappa shape index (κ2) is 9.92. The van der Waals surface area contributed by atoms with Gasteiger partial charge in [0.1, 0.15) is 22.4 Å². The van der Waals surface area contributed by atoms with Crippen molar-refractivity contribution in [2.24, 2.45) is 0 Å². The number of rotatable bonds is 0. The molecule has 0 unspecified atom stereocenters. The zero-order valence-corrected chi connectivity index (χ0v) is 25.7. The molecule has 8 rings (SSSR count). The summed E-state index contributed by atoms with van der Waals surface area (Å²) in [5, 5.41) is 20.6. The number of benzene rings is 4. The summed E-state index contributed by atoms with van der Waals surface area (Å²) in [6.45, 7) is 26.8. The molecular weight excluding hydrogens is 556 g/mol. The van der Waals surface area contributed by atoms with E-state index in [2.05, 4.69) is 93.4 Å². The van der Waals surface area contributed by atoms with Crippen molar-refractivity contribution >= 4 is 33.2 Å². The second-order valence-corrected chi connectivity index (χ2v) is 11.9. The molecule has 0 amide bonds. The number of aryl methyl sites for hydroxylation is 4. The number of nitrogens with zero attached hydrogens (tertiary/aromatic N) is 8. The van der Waals surface area contributed by atoms with Crippen LogP contribution in [0.15, 0.2) is 54.9 Å². The molecule has 0 saturated heterocycles. The molecule has 0 bridgehead atoms. The molecule has 214 valence electrons. The zero-order chi connectivity index (χ0) is 31.7. The van der Waals surface area contributed by atoms with E-state index in [4.69, 9.17) is 13.1 Å². The van der Waals surface area contributed by atoms with E-state index < -0.39 is 0 Å². The number of fused-ring (bicyclic) bond motifs is 10. The number of nitriles is 2. The summed E-state index contributed by atoms with van der Waals surface area (Å²) < 4.78 is 8.57. The summed E-state index contributed by atoms with van der Waals surface area (Å²) in [6.07, 6.45) is 4.04. The van der Waals surface area contributed by atoms with Crippen molar-refractivity contribution in [3.05, 3.63) is 128 Å². The Labute approximate surface area is 261 Å². The van der Waals surface area contributed by atoms with Crippen LogP contribution >= 0.6 is 0 Å². The summed E-state index contributed by atoms with van der Waals surface area (Å²) in [5.41, 5.74) is 15.3. The first-order valence-electron chi connectivity index (χ1n) is 14.6. The molecule has 0 fully saturated rings. The second-order valence-electron chi connectivity index (χ2n) is 11.9. The average molecular weight is 585 g/mol. The van der Waals surface area contributed by atoms with E-state index in [9.17, 15) is 10.5 Å². The first kappa shape index (κ1) is 27.6. The molecule has 2 aliphatic rings. The molecule has 8 heteroatoms. The fourth-order valence-electron chi connectivity index (χ4n) is 6.92. The van der Waals surface area contributed by atoms with Gasteiger partial charge in [-0.1, -0.05) is 18.2 Å². The van der Waals surface area contributed by atoms with Crippen molar-refractivity contribution in [2.45, 2.75) is 47.7 Å². The van der Waals surface area contributed by atoms with E-state index in [1.807, 2.05) is 24.5 Å². The lowest BCUT2D eigenvalue weighted by Gasteiger charge is -2.08. The lowest BCUT2D eigenvalue weighted by molar-refractivity contribution is -0.749. The molecule has 0 N–H and O–H groups in total. The number of aromatic nitrogens is 4. The molecule has 6 aromatic rings. The van der Waals surface area contributed by atoms with Gasteiger partial charge in [0, 0.05) is 0 Å². The van der Waals surface area contributed by atoms with Crippen molar-refractivity contribution < 1.29 is 9.36 Å². The molecule has 45 heavy (non-hydrogen) atoms. The highest BCUT2D eigenvalue weighted by molar-refractivity contribution is 5.90. The summed E-state index contributed by atoms with van der Waals surface area (Å²) in [6, 6.07) is 18.0. The zero-order valence-electron chi connectivity index (χ0n) is 25.7. The van der Waals surface area contributed by atoms with Crippen molar-refractivity contribution in [3.8, 4) is 23.5 Å². The van der Waals surface area contributed by atoms with Crippen molar-refractivity contribution in [2.75, 3.05) is 0 Å². The molecule has 2 aromatic heterocycles. The van der Waals surface area contributed by atoms with Gasteiger partial charge < -0.3 is 0 Å². The van der Waals surface area contributed by atoms with Crippen LogP contribution in [-0.2, 0) is 13.1 Å². The van der Waals surface area contributed by atoms with Gasteiger partial charge in [-0.3, -0.25) is 0 Å². The van der Waals surface area contributed by atoms with E-state index in [-0.39, 0.29) is 0 Å². The van der Waals surface area contributed by atoms with Gasteiger partial charge in [0.25, 0.3) is 0 Å². The molecule has 0 radical (unpaired) electrons. The molecule has 8 nitrogen and oxygen atoms in total. The highest BCUT2D eigenvalue weighted by Crippen LogP contribution is 2.35. The minimum Gasteiger partial charge on any atom is -0.238 e. The van der Waals surface area contributed by atoms with Gasteiger partial charge in [0.2, 0.25) is 12.4 Å². The summed E-state index contributed by atoms with van der Waals surface area (Å²) in [4.78, 5) is 7.03. The Balaban J connectivity index is 0.000000145. The molecule has 0 aliphatic carbocycles. The fraction of sp³-hybridized carbons (Fsp3) is 0.189. The first-order chi connectivity index (χ1) is 21.7. The highest BCUT2D eigenvalue weighted by atomic mass is 15.4. The third kappa shape index (κ3) is 3.94. The summed E-state index contributed by atoms with van der Waals surface area (Å²) >= 11 is 0. The first-order valence-corrected chi connectivity index (χ1v) is 14.6. The van der Waals surface area contributed by atoms with Gasteiger partial charge in [-0.15, -0.1) is 18.7 Å². The minimum absolute atomic E-state index is 0.504. The maximum atomic E-state index is 9.41. The number of hydrogen-bond acceptors (Lipinski definition) is 2. The largest absolute Gasteiger partial charge is 0.238 e. The standard InChI is InChI=1S/C19H15N4.C18H13N4/c1-11-5-12(2)19-16(13(11)3)9-22-10-17-14(8-20)6-15(21-4)7-18(17)23(19)22;1-11-4-5-12(2)18-15(11)9-21-10-16-13(8-19)6-14(20-3)7-17(16)22(18)21/h5-7,10H,9H2,1-3H3;4-7,10H,9H2,1-2H3/q2*+1. The van der Waals surface area contributed by atoms with Crippen LogP contribution < -0.4 is 9.36 Å². The Morgan fingerprint density at radius 3 is 1.64 bits per heavy atom. The van der Waals surface area contributed by atoms with Gasteiger partial charge in [-0.2, -0.15) is 10.5 Å². The van der Waals surface area contributed by atoms with Gasteiger partial charge in [0.15, 0.2) is 24.5 Å². The fourth-order valence-corrected chi connectivity index (χ4v) is 6.92. The van der Waals surface area contributed by atoms with E-state index in [0.717, 1.165) is 34.9 Å². The Hall–Kier alpha value is -6.22. The Morgan fingerprint density at radius 2 is 1.13 bits per heavy atom. The van der Waals surface area contributed by atoms with Crippen LogP contribution in [0.4, 0.5) is 11.4 Å². The molecule has 0 saturated carbocycles. The third-order valence-electron chi connectivity index (χ3n) is 9.23. The Morgan fingerprint density at radius 1 is 0.644 bits per heavy atom. The lowest BCUT2D eigenvalue weighted by Crippen LogP contribution is -2.36. The van der Waals surface area contributed by atoms with Crippen LogP contribution in [0.1, 0.15) is 50.1 Å². The quantitative estimate of drug-likeness (QED) is 0.143. The normalized spacial score (nSPS) is 11.8. The number of hydrogen-bond donors (Lipinski definition) is 0. The van der Waals surface area contributed by atoms with E-state index >= 15 is 0 Å². The predicted octanol–water partition coefficient (Wildman–Crippen LogP) is 6.95. The maximum Gasteiger partial charge on any atom is 0.205 e. The summed E-state index contributed by atoms with van der Waals surface area (Å²) in [7, 11) is 0. The molecule has 4 aromatic carbocycles. The van der Waals surface area contributed by atoms with Crippen molar-refractivity contribution in [1.82, 2.24) is 9.36 Å². The Kier molecular flexibility index (Phi) is 6.08. The molecule has 0 atom stereocenters. The maximum absolute atomic E-state index is 9.41. The van der Waals surface area contributed by atoms with Gasteiger partial charge in [0.05, 0.1) is 58.3 Å². The smallest absolute Gasteiger partial charge is 0.205 e. The van der Waals surface area contributed by atoms with Crippen LogP contribution in [0, 0.1) is 70.4 Å². The van der Waals surface area contributed by atoms with E-state index in [0.29, 0.717) is 22.5 Å². The van der Waals surface area contributed by atoms with E-state index in [1.165, 1.54) is 50.3 Å². The van der Waals surface area contributed by atoms with Gasteiger partial charge in [-0.05, 0) is 86.7 Å². The molecular formula is C37H28N8+2. The van der Waals surface area contributed by atoms with Crippen LogP contribution in [0.2, 0.25) is 0 Å². The Bertz CT molecular complexity index is 2480. The monoisotopic (exact) mass is 584 g/mol. The van der Waals surface area contributed by atoms with Gasteiger partial charge in [-0.25, -0.2) is 9.69 Å². The van der Waals surface area contributed by atoms with Crippen molar-refractivity contribution in [1.29, 1.82) is 10.5 Å². The van der Waals surface area contributed by atoms with Crippen molar-refractivity contribution in [3.63, 3.8) is 0 Å². The van der Waals surface area contributed by atoms with Gasteiger partial charge >= 0.3 is 0 Å². The van der Waals surface area contributed by atoms with Crippen LogP contribution in [0.5, 0.6) is 0 Å². The lowest BCUT2D eigenvalue weighted by atomic mass is 9.98. The molecule has 4 heterocycles. The average Bonchev–Trinajstić information content (AvgIpc) is 3.79. The third-order valence-corrected chi connectivity index (χ3v) is 9.23. The predicted molar refractivity (Wildman–Crippen MR) is 171 cm³/mol. The molecule has 0 spiro atoms. The highest BCUT2D eigenvalue weighted by Gasteiger charge is 2.33. The molecule has 2 aliphatic heterocycles. The van der Waals surface area contributed by atoms with Crippen LogP contribution in [0.3, 0.4) is 0 Å². The minimum atomic E-state index is 0.504. The van der Waals surface area contributed by atoms with Crippen LogP contribution in [-0.4, -0.2) is 9.36 Å². The summed E-state index contributed by atoms with van der Waals surface area (Å²) in [5.74, 6) is 0. The van der Waals surface area contributed by atoms with E-state index in [1.54, 1.807) is 12.1 Å².